The molecular formula is C32H45N5O3S. The van der Waals surface area contributed by atoms with E-state index in [2.05, 4.69) is 78.6 Å². The Kier molecular flexibility index (Phi) is 12.7. The first-order valence-corrected chi connectivity index (χ1v) is 15.6. The van der Waals surface area contributed by atoms with Crippen molar-refractivity contribution >= 4 is 39.3 Å². The Balaban J connectivity index is 1.74. The number of rotatable bonds is 16. The van der Waals surface area contributed by atoms with E-state index in [9.17, 15) is 14.4 Å². The van der Waals surface area contributed by atoms with Crippen LogP contribution in [0, 0.1) is 0 Å². The fourth-order valence-electron chi connectivity index (χ4n) is 4.71. The van der Waals surface area contributed by atoms with Crippen LogP contribution >= 0.6 is 11.3 Å². The molecule has 1 aliphatic carbocycles. The van der Waals surface area contributed by atoms with Crippen LogP contribution in [-0.4, -0.2) is 65.9 Å². The van der Waals surface area contributed by atoms with Gasteiger partial charge < -0.3 is 16.0 Å². The van der Waals surface area contributed by atoms with Crippen molar-refractivity contribution in [1.29, 1.82) is 0 Å². The summed E-state index contributed by atoms with van der Waals surface area (Å²) in [5, 5.41) is 9.77. The number of aryl methyl sites for hydroxylation is 1. The number of thiazole rings is 1. The van der Waals surface area contributed by atoms with Crippen molar-refractivity contribution in [2.75, 3.05) is 26.2 Å². The minimum atomic E-state index is -0.777. The van der Waals surface area contributed by atoms with E-state index in [0.717, 1.165) is 53.1 Å². The van der Waals surface area contributed by atoms with Gasteiger partial charge in [-0.2, -0.15) is 0 Å². The highest BCUT2D eigenvalue weighted by atomic mass is 32.1. The lowest BCUT2D eigenvalue weighted by atomic mass is 9.99. The first-order valence-electron chi connectivity index (χ1n) is 14.8. The molecule has 1 aromatic heterocycles. The summed E-state index contributed by atoms with van der Waals surface area (Å²) in [4.78, 5) is 45.8. The third kappa shape index (κ3) is 9.93. The fraction of sp³-hybridized carbons (Fsp3) is 0.500. The Morgan fingerprint density at radius 1 is 1.07 bits per heavy atom. The lowest BCUT2D eigenvalue weighted by molar-refractivity contribution is -0.129. The van der Waals surface area contributed by atoms with Gasteiger partial charge in [0.1, 0.15) is 6.04 Å². The minimum absolute atomic E-state index is 0.199. The molecular weight excluding hydrogens is 534 g/mol. The highest BCUT2D eigenvalue weighted by Gasteiger charge is 2.26. The van der Waals surface area contributed by atoms with E-state index in [4.69, 9.17) is 4.98 Å². The van der Waals surface area contributed by atoms with E-state index in [0.29, 0.717) is 25.0 Å². The Morgan fingerprint density at radius 3 is 2.51 bits per heavy atom. The van der Waals surface area contributed by atoms with E-state index < -0.39 is 6.04 Å². The number of benzene rings is 1. The molecule has 3 rings (SSSR count). The van der Waals surface area contributed by atoms with Crippen molar-refractivity contribution in [2.45, 2.75) is 78.3 Å². The van der Waals surface area contributed by atoms with Crippen LogP contribution in [0.5, 0.6) is 0 Å². The lowest BCUT2D eigenvalue weighted by Gasteiger charge is -2.25. The standard InChI is InChI=1S/C32H45N5O3S/c1-6-23-15-16-26-28(18-23)41-30(36-26)19-27(35-29(38)7-2)32(40)34-25(17-24-13-11-10-12-14-24)20-33-31(39)22(5)21-37(8-3)9-4/h11,13-16,18,25,27H,5-10,12,17,19-21H2,1-4H3,(H,33,39)(H,34,40)(H,35,38)/t25-,27-/m0/s1. The van der Waals surface area contributed by atoms with Gasteiger partial charge in [0, 0.05) is 31.5 Å². The zero-order chi connectivity index (χ0) is 29.8. The molecule has 2 atom stereocenters. The van der Waals surface area contributed by atoms with Crippen molar-refractivity contribution in [2.24, 2.45) is 0 Å². The van der Waals surface area contributed by atoms with Gasteiger partial charge in [0.25, 0.3) is 0 Å². The predicted octanol–water partition coefficient (Wildman–Crippen LogP) is 4.46. The average Bonchev–Trinajstić information content (AvgIpc) is 3.39. The summed E-state index contributed by atoms with van der Waals surface area (Å²) >= 11 is 1.55. The number of carbonyl (C=O) groups is 3. The van der Waals surface area contributed by atoms with Gasteiger partial charge in [-0.3, -0.25) is 19.3 Å². The number of aromatic nitrogens is 1. The van der Waals surface area contributed by atoms with Crippen LogP contribution in [0.3, 0.4) is 0 Å². The summed E-state index contributed by atoms with van der Waals surface area (Å²) in [6.07, 6.45) is 10.4. The molecule has 3 amide bonds. The maximum atomic E-state index is 13.6. The van der Waals surface area contributed by atoms with E-state index >= 15 is 0 Å². The van der Waals surface area contributed by atoms with E-state index in [-0.39, 0.29) is 36.7 Å². The Hall–Kier alpha value is -3.30. The quantitative estimate of drug-likeness (QED) is 0.255. The molecule has 0 saturated heterocycles. The fourth-order valence-corrected chi connectivity index (χ4v) is 5.79. The molecule has 2 aromatic rings. The van der Waals surface area contributed by atoms with E-state index in [1.165, 1.54) is 5.56 Å². The third-order valence-corrected chi connectivity index (χ3v) is 8.34. The van der Waals surface area contributed by atoms with E-state index in [1.807, 2.05) is 6.07 Å². The van der Waals surface area contributed by atoms with Crippen molar-refractivity contribution in [1.82, 2.24) is 25.8 Å². The highest BCUT2D eigenvalue weighted by molar-refractivity contribution is 7.18. The summed E-state index contributed by atoms with van der Waals surface area (Å²) in [6, 6.07) is 5.07. The summed E-state index contributed by atoms with van der Waals surface area (Å²) < 4.78 is 1.07. The molecule has 0 bridgehead atoms. The van der Waals surface area contributed by atoms with Crippen molar-refractivity contribution < 1.29 is 14.4 Å². The van der Waals surface area contributed by atoms with Gasteiger partial charge in [-0.1, -0.05) is 64.1 Å². The second-order valence-corrected chi connectivity index (χ2v) is 11.5. The molecule has 1 aliphatic rings. The Bertz CT molecular complexity index is 1280. The van der Waals surface area contributed by atoms with Crippen LogP contribution in [0.4, 0.5) is 0 Å². The third-order valence-electron chi connectivity index (χ3n) is 7.30. The van der Waals surface area contributed by atoms with Gasteiger partial charge >= 0.3 is 0 Å². The molecule has 9 heteroatoms. The molecule has 0 unspecified atom stereocenters. The van der Waals surface area contributed by atoms with E-state index in [1.54, 1.807) is 18.3 Å². The van der Waals surface area contributed by atoms with Gasteiger partial charge in [-0.05, 0) is 56.5 Å². The molecule has 0 aliphatic heterocycles. The topological polar surface area (TPSA) is 103 Å². The summed E-state index contributed by atoms with van der Waals surface area (Å²) in [5.74, 6) is -0.710. The number of carbonyl (C=O) groups excluding carboxylic acids is 3. The van der Waals surface area contributed by atoms with Crippen LogP contribution in [0.25, 0.3) is 10.2 Å². The molecule has 222 valence electrons. The van der Waals surface area contributed by atoms with Crippen LogP contribution in [0.1, 0.15) is 63.9 Å². The van der Waals surface area contributed by atoms with Gasteiger partial charge in [-0.25, -0.2) is 4.98 Å². The second kappa shape index (κ2) is 16.2. The first kappa shape index (κ1) is 32.2. The number of hydrogen-bond donors (Lipinski definition) is 3. The number of hydrogen-bond acceptors (Lipinski definition) is 6. The van der Waals surface area contributed by atoms with Crippen molar-refractivity contribution in [3.8, 4) is 0 Å². The number of likely N-dealkylation sites (N-methyl/N-ethyl adjacent to an activating group) is 1. The number of fused-ring (bicyclic) bond motifs is 1. The Labute approximate surface area is 248 Å². The Morgan fingerprint density at radius 2 is 1.85 bits per heavy atom. The van der Waals surface area contributed by atoms with Crippen molar-refractivity contribution in [3.05, 3.63) is 64.7 Å². The van der Waals surface area contributed by atoms with Gasteiger partial charge in [-0.15, -0.1) is 11.3 Å². The first-order chi connectivity index (χ1) is 19.8. The molecule has 3 N–H and O–H groups in total. The molecule has 1 heterocycles. The second-order valence-electron chi connectivity index (χ2n) is 10.4. The lowest BCUT2D eigenvalue weighted by Crippen LogP contribution is -2.53. The summed E-state index contributed by atoms with van der Waals surface area (Å²) in [6.45, 7) is 14.4. The molecule has 0 spiro atoms. The van der Waals surface area contributed by atoms with Crippen LogP contribution < -0.4 is 16.0 Å². The molecule has 0 fully saturated rings. The SMILES string of the molecule is C=C(CN(CC)CC)C(=O)NC[C@H](CC1=CCCC=C1)NC(=O)[C@H](Cc1nc2ccc(CC)cc2s1)NC(=O)CC. The number of allylic oxidation sites excluding steroid dienone is 3. The smallest absolute Gasteiger partial charge is 0.247 e. The van der Waals surface area contributed by atoms with Gasteiger partial charge in [0.05, 0.1) is 21.3 Å². The van der Waals surface area contributed by atoms with Crippen LogP contribution in [0.15, 0.2) is 54.2 Å². The zero-order valence-electron chi connectivity index (χ0n) is 24.9. The number of nitrogens with one attached hydrogen (secondary N) is 3. The maximum Gasteiger partial charge on any atom is 0.247 e. The van der Waals surface area contributed by atoms with Crippen LogP contribution in [0.2, 0.25) is 0 Å². The van der Waals surface area contributed by atoms with Gasteiger partial charge in [0.2, 0.25) is 17.7 Å². The minimum Gasteiger partial charge on any atom is -0.350 e. The monoisotopic (exact) mass is 579 g/mol. The molecule has 0 radical (unpaired) electrons. The average molecular weight is 580 g/mol. The predicted molar refractivity (Wildman–Crippen MR) is 168 cm³/mol. The summed E-state index contributed by atoms with van der Waals surface area (Å²) in [5.41, 5.74) is 3.73. The van der Waals surface area contributed by atoms with Gasteiger partial charge in [0.15, 0.2) is 0 Å². The molecule has 8 nitrogen and oxygen atoms in total. The molecule has 0 saturated carbocycles. The number of nitrogens with zero attached hydrogens (tertiary/aromatic N) is 2. The normalized spacial score (nSPS) is 14.4. The molecule has 1 aromatic carbocycles. The summed E-state index contributed by atoms with van der Waals surface area (Å²) in [7, 11) is 0. The van der Waals surface area contributed by atoms with Crippen LogP contribution in [-0.2, 0) is 27.2 Å². The molecule has 41 heavy (non-hydrogen) atoms. The van der Waals surface area contributed by atoms with Crippen molar-refractivity contribution in [3.63, 3.8) is 0 Å². The largest absolute Gasteiger partial charge is 0.350 e. The number of amides is 3. The maximum absolute atomic E-state index is 13.6. The highest BCUT2D eigenvalue weighted by Crippen LogP contribution is 2.25. The zero-order valence-corrected chi connectivity index (χ0v) is 25.7.